The largest absolute Gasteiger partial charge is 0.288 e. The van der Waals surface area contributed by atoms with E-state index in [9.17, 15) is 0 Å². The maximum atomic E-state index is 4.34. The lowest BCUT2D eigenvalue weighted by Crippen LogP contribution is -2.24. The second kappa shape index (κ2) is 3.19. The van der Waals surface area contributed by atoms with Crippen LogP contribution in [-0.2, 0) is 0 Å². The van der Waals surface area contributed by atoms with Crippen molar-refractivity contribution in [2.75, 3.05) is 12.3 Å². The Balaban J connectivity index is 2.52. The molecule has 1 aliphatic heterocycles. The highest BCUT2D eigenvalue weighted by molar-refractivity contribution is 8.00. The highest BCUT2D eigenvalue weighted by Gasteiger charge is 2.22. The van der Waals surface area contributed by atoms with Crippen LogP contribution in [0.1, 0.15) is 13.8 Å². The van der Waals surface area contributed by atoms with Gasteiger partial charge >= 0.3 is 0 Å². The third-order valence-corrected chi connectivity index (χ3v) is 2.50. The molecule has 0 bridgehead atoms. The Labute approximate surface area is 65.8 Å². The minimum atomic E-state index is 0.0174. The molecule has 2 nitrogen and oxygen atoms in total. The summed E-state index contributed by atoms with van der Waals surface area (Å²) in [4.78, 5) is 8.51. The number of thioether (sulfide) groups is 1. The van der Waals surface area contributed by atoms with E-state index in [0.29, 0.717) is 0 Å². The molecule has 0 saturated heterocycles. The van der Waals surface area contributed by atoms with E-state index in [-0.39, 0.29) is 4.87 Å². The van der Waals surface area contributed by atoms with Gasteiger partial charge in [0.2, 0.25) is 0 Å². The summed E-state index contributed by atoms with van der Waals surface area (Å²) in [6, 6.07) is 0. The van der Waals surface area contributed by atoms with Crippen molar-refractivity contribution >= 4 is 24.2 Å². The summed E-state index contributed by atoms with van der Waals surface area (Å²) in [6.07, 6.45) is 3.55. The predicted molar refractivity (Wildman–Crippen MR) is 48.4 cm³/mol. The van der Waals surface area contributed by atoms with E-state index in [1.54, 1.807) is 12.4 Å². The normalized spacial score (nSPS) is 31.0. The Hall–Kier alpha value is -0.310. The summed E-state index contributed by atoms with van der Waals surface area (Å²) in [5.41, 5.74) is 0. The highest BCUT2D eigenvalue weighted by atomic mass is 32.2. The second-order valence-electron chi connectivity index (χ2n) is 2.38. The summed E-state index contributed by atoms with van der Waals surface area (Å²) >= 11 is 1.84. The minimum absolute atomic E-state index is 0.0174. The van der Waals surface area contributed by atoms with Crippen LogP contribution in [0.15, 0.2) is 9.98 Å². The van der Waals surface area contributed by atoms with Crippen LogP contribution in [0.5, 0.6) is 0 Å². The molecule has 1 atom stereocenters. The number of nitrogens with zero attached hydrogens (tertiary/aromatic N) is 2. The average Bonchev–Trinajstić information content (AvgIpc) is 1.89. The van der Waals surface area contributed by atoms with Gasteiger partial charge in [0.25, 0.3) is 0 Å². The van der Waals surface area contributed by atoms with Crippen LogP contribution >= 0.6 is 11.8 Å². The molecule has 1 aliphatic rings. The van der Waals surface area contributed by atoms with Gasteiger partial charge in [-0.05, 0) is 12.7 Å². The Bertz CT molecular complexity index is 165. The summed E-state index contributed by atoms with van der Waals surface area (Å²) in [5, 5.41) is 0. The van der Waals surface area contributed by atoms with Crippen molar-refractivity contribution in [2.45, 2.75) is 18.7 Å². The molecule has 0 saturated carbocycles. The number of rotatable bonds is 2. The Morgan fingerprint density at radius 1 is 1.60 bits per heavy atom. The SMILES string of the molecule is CCSC1(C)CN=CC=N1. The average molecular weight is 156 g/mol. The zero-order valence-corrected chi connectivity index (χ0v) is 7.19. The van der Waals surface area contributed by atoms with Gasteiger partial charge in [0.15, 0.2) is 0 Å². The molecule has 0 N–H and O–H groups in total. The second-order valence-corrected chi connectivity index (χ2v) is 4.12. The maximum absolute atomic E-state index is 4.34. The quantitative estimate of drug-likeness (QED) is 0.596. The molecule has 56 valence electrons. The first-order valence-corrected chi connectivity index (χ1v) is 4.43. The van der Waals surface area contributed by atoms with Gasteiger partial charge in [-0.15, -0.1) is 11.8 Å². The molecule has 0 radical (unpaired) electrons. The van der Waals surface area contributed by atoms with Crippen LogP contribution in [-0.4, -0.2) is 29.6 Å². The van der Waals surface area contributed by atoms with Crippen LogP contribution in [0.3, 0.4) is 0 Å². The van der Waals surface area contributed by atoms with Crippen molar-refractivity contribution in [3.63, 3.8) is 0 Å². The maximum Gasteiger partial charge on any atom is 0.122 e. The third kappa shape index (κ3) is 1.84. The standard InChI is InChI=1S/C7H12N2S/c1-3-10-7(2)6-8-4-5-9-7/h4-5H,3,6H2,1-2H3. The fourth-order valence-electron chi connectivity index (χ4n) is 0.895. The first-order chi connectivity index (χ1) is 4.77. The lowest BCUT2D eigenvalue weighted by molar-refractivity contribution is 0.692. The molecular weight excluding hydrogens is 144 g/mol. The fourth-order valence-corrected chi connectivity index (χ4v) is 1.82. The topological polar surface area (TPSA) is 24.7 Å². The molecule has 0 fully saturated rings. The van der Waals surface area contributed by atoms with Crippen LogP contribution in [0.25, 0.3) is 0 Å². The Morgan fingerprint density at radius 2 is 2.40 bits per heavy atom. The van der Waals surface area contributed by atoms with Crippen molar-refractivity contribution in [1.82, 2.24) is 0 Å². The fraction of sp³-hybridized carbons (Fsp3) is 0.714. The van der Waals surface area contributed by atoms with Crippen molar-refractivity contribution < 1.29 is 0 Å². The van der Waals surface area contributed by atoms with E-state index in [4.69, 9.17) is 0 Å². The van der Waals surface area contributed by atoms with Gasteiger partial charge in [-0.2, -0.15) is 0 Å². The zero-order chi connectivity index (χ0) is 7.45. The number of hydrogen-bond donors (Lipinski definition) is 0. The smallest absolute Gasteiger partial charge is 0.122 e. The molecule has 1 heterocycles. The summed E-state index contributed by atoms with van der Waals surface area (Å²) in [7, 11) is 0. The van der Waals surface area contributed by atoms with Gasteiger partial charge in [-0.25, -0.2) is 0 Å². The van der Waals surface area contributed by atoms with Gasteiger partial charge in [-0.3, -0.25) is 9.98 Å². The van der Waals surface area contributed by atoms with Crippen molar-refractivity contribution in [3.05, 3.63) is 0 Å². The van der Waals surface area contributed by atoms with Crippen LogP contribution in [0, 0.1) is 0 Å². The molecular formula is C7H12N2S. The summed E-state index contributed by atoms with van der Waals surface area (Å²) in [5.74, 6) is 1.10. The number of hydrogen-bond acceptors (Lipinski definition) is 3. The van der Waals surface area contributed by atoms with E-state index in [2.05, 4.69) is 23.8 Å². The molecule has 0 aromatic rings. The van der Waals surface area contributed by atoms with Crippen molar-refractivity contribution in [2.24, 2.45) is 9.98 Å². The number of aliphatic imine (C=N–C) groups is 2. The van der Waals surface area contributed by atoms with Crippen LogP contribution in [0.4, 0.5) is 0 Å². The molecule has 10 heavy (non-hydrogen) atoms. The van der Waals surface area contributed by atoms with Gasteiger partial charge in [0, 0.05) is 12.4 Å². The van der Waals surface area contributed by atoms with Gasteiger partial charge in [-0.1, -0.05) is 6.92 Å². The first kappa shape index (κ1) is 7.79. The monoisotopic (exact) mass is 156 g/mol. The van der Waals surface area contributed by atoms with E-state index in [0.717, 1.165) is 12.3 Å². The van der Waals surface area contributed by atoms with Crippen LogP contribution < -0.4 is 0 Å². The molecule has 0 aliphatic carbocycles. The van der Waals surface area contributed by atoms with Gasteiger partial charge in [0.05, 0.1) is 6.54 Å². The van der Waals surface area contributed by atoms with E-state index >= 15 is 0 Å². The molecule has 3 heteroatoms. The minimum Gasteiger partial charge on any atom is -0.288 e. The molecule has 0 aromatic carbocycles. The van der Waals surface area contributed by atoms with Gasteiger partial charge < -0.3 is 0 Å². The lowest BCUT2D eigenvalue weighted by atomic mass is 10.3. The lowest BCUT2D eigenvalue weighted by Gasteiger charge is -2.23. The first-order valence-electron chi connectivity index (χ1n) is 3.44. The Kier molecular flexibility index (Phi) is 2.49. The zero-order valence-electron chi connectivity index (χ0n) is 6.37. The highest BCUT2D eigenvalue weighted by Crippen LogP contribution is 2.27. The molecule has 0 amide bonds. The summed E-state index contributed by atoms with van der Waals surface area (Å²) < 4.78 is 0. The molecule has 0 aromatic heterocycles. The molecule has 0 spiro atoms. The van der Waals surface area contributed by atoms with E-state index in [1.807, 2.05) is 11.8 Å². The van der Waals surface area contributed by atoms with Crippen molar-refractivity contribution in [1.29, 1.82) is 0 Å². The molecule has 1 rings (SSSR count). The third-order valence-electron chi connectivity index (χ3n) is 1.36. The molecule has 1 unspecified atom stereocenters. The van der Waals surface area contributed by atoms with Gasteiger partial charge in [0.1, 0.15) is 4.87 Å². The van der Waals surface area contributed by atoms with E-state index < -0.39 is 0 Å². The summed E-state index contributed by atoms with van der Waals surface area (Å²) in [6.45, 7) is 5.08. The van der Waals surface area contributed by atoms with Crippen molar-refractivity contribution in [3.8, 4) is 0 Å². The Morgan fingerprint density at radius 3 is 2.90 bits per heavy atom. The van der Waals surface area contributed by atoms with E-state index in [1.165, 1.54) is 0 Å². The predicted octanol–water partition coefficient (Wildman–Crippen LogP) is 1.61. The van der Waals surface area contributed by atoms with Crippen LogP contribution in [0.2, 0.25) is 0 Å².